The highest BCUT2D eigenvalue weighted by Crippen LogP contribution is 2.25. The van der Waals surface area contributed by atoms with Gasteiger partial charge in [-0.3, -0.25) is 19.1 Å². The smallest absolute Gasteiger partial charge is 0.330 e. The highest BCUT2D eigenvalue weighted by Gasteiger charge is 2.33. The molecule has 1 aromatic heterocycles. The van der Waals surface area contributed by atoms with Gasteiger partial charge in [-0.05, 0) is 44.9 Å². The first-order chi connectivity index (χ1) is 17.5. The van der Waals surface area contributed by atoms with E-state index in [0.29, 0.717) is 19.4 Å². The van der Waals surface area contributed by atoms with Gasteiger partial charge in [0, 0.05) is 31.7 Å². The third-order valence-electron chi connectivity index (χ3n) is 6.30. The molecule has 1 saturated heterocycles. The molecule has 1 aliphatic rings. The van der Waals surface area contributed by atoms with Crippen molar-refractivity contribution in [2.75, 3.05) is 30.3 Å². The first-order valence-corrected chi connectivity index (χ1v) is 14.1. The van der Waals surface area contributed by atoms with E-state index in [2.05, 4.69) is 4.98 Å². The van der Waals surface area contributed by atoms with Crippen LogP contribution in [0.4, 0.5) is 11.5 Å². The second-order valence-corrected chi connectivity index (χ2v) is 11.4. The average Bonchev–Trinajstić information content (AvgIpc) is 2.84. The quantitative estimate of drug-likeness (QED) is 0.474. The number of carbonyl (C=O) groups is 1. The van der Waals surface area contributed by atoms with Gasteiger partial charge >= 0.3 is 5.69 Å². The molecule has 1 amide bonds. The summed E-state index contributed by atoms with van der Waals surface area (Å²) in [6.45, 7) is 8.41. The zero-order valence-corrected chi connectivity index (χ0v) is 22.7. The van der Waals surface area contributed by atoms with Crippen LogP contribution in [0.1, 0.15) is 63.7 Å². The Hall–Kier alpha value is -2.96. The molecule has 0 bridgehead atoms. The monoisotopic (exact) mass is 535 g/mol. The number of hydrogen-bond acceptors (Lipinski definition) is 7. The lowest BCUT2D eigenvalue weighted by Crippen LogP contribution is -2.48. The van der Waals surface area contributed by atoms with Gasteiger partial charge in [0.25, 0.3) is 11.5 Å². The highest BCUT2D eigenvalue weighted by atomic mass is 32.2. The van der Waals surface area contributed by atoms with Crippen LogP contribution in [-0.2, 0) is 21.3 Å². The molecule has 2 heterocycles. The molecule has 0 saturated carbocycles. The topological polar surface area (TPSA) is 148 Å². The van der Waals surface area contributed by atoms with Crippen LogP contribution in [0.25, 0.3) is 0 Å². The van der Waals surface area contributed by atoms with Crippen LogP contribution >= 0.6 is 0 Å². The molecule has 11 nitrogen and oxygen atoms in total. The lowest BCUT2D eigenvalue weighted by Gasteiger charge is -2.34. The number of benzene rings is 1. The van der Waals surface area contributed by atoms with Crippen molar-refractivity contribution in [1.29, 1.82) is 0 Å². The second-order valence-electron chi connectivity index (χ2n) is 9.42. The molecule has 1 aromatic carbocycles. The Labute approximate surface area is 217 Å². The fourth-order valence-corrected chi connectivity index (χ4v) is 6.07. The average molecular weight is 536 g/mol. The summed E-state index contributed by atoms with van der Waals surface area (Å²) in [6, 6.07) is 5.77. The van der Waals surface area contributed by atoms with Crippen LogP contribution in [-0.4, -0.2) is 60.0 Å². The standard InChI is InChI=1S/C25H37N5O6S/c1-5-7-12-29(21-22(26)30(13-8-6-2)25(33)27-23(21)31)24(32)19-10-9-11-20(14-19)37(34,35)28-15-17(3)36-18(4)16-28/h9-11,14,17-18H,5-8,12-13,15-16,26H2,1-4H3,(H,27,31,33)/t17-,18+. The molecular formula is C25H37N5O6S. The Morgan fingerprint density at radius 2 is 1.78 bits per heavy atom. The van der Waals surface area contributed by atoms with Crippen LogP contribution in [0.3, 0.4) is 0 Å². The number of carbonyl (C=O) groups excluding carboxylic acids is 1. The van der Waals surface area contributed by atoms with Crippen LogP contribution in [0.2, 0.25) is 0 Å². The molecule has 0 spiro atoms. The Kier molecular flexibility index (Phi) is 9.32. The van der Waals surface area contributed by atoms with E-state index in [1.165, 1.54) is 38.0 Å². The van der Waals surface area contributed by atoms with E-state index in [4.69, 9.17) is 10.5 Å². The van der Waals surface area contributed by atoms with Gasteiger partial charge in [-0.25, -0.2) is 13.2 Å². The zero-order chi connectivity index (χ0) is 27.3. The van der Waals surface area contributed by atoms with Crippen LogP contribution < -0.4 is 21.9 Å². The summed E-state index contributed by atoms with van der Waals surface area (Å²) in [5, 5.41) is 0. The Morgan fingerprint density at radius 3 is 2.41 bits per heavy atom. The minimum atomic E-state index is -3.89. The fraction of sp³-hybridized carbons (Fsp3) is 0.560. The second kappa shape index (κ2) is 12.1. The highest BCUT2D eigenvalue weighted by molar-refractivity contribution is 7.89. The number of aromatic amines is 1. The van der Waals surface area contributed by atoms with E-state index in [9.17, 15) is 22.8 Å². The van der Waals surface area contributed by atoms with E-state index in [1.54, 1.807) is 0 Å². The number of nitrogens with one attached hydrogen (secondary N) is 1. The molecule has 1 fully saturated rings. The third kappa shape index (κ3) is 6.31. The number of anilines is 2. The maximum atomic E-state index is 13.7. The third-order valence-corrected chi connectivity index (χ3v) is 8.13. The van der Waals surface area contributed by atoms with E-state index in [1.807, 2.05) is 27.7 Å². The largest absolute Gasteiger partial charge is 0.383 e. The number of ether oxygens (including phenoxy) is 1. The van der Waals surface area contributed by atoms with Gasteiger partial charge in [0.15, 0.2) is 5.69 Å². The van der Waals surface area contributed by atoms with Crippen molar-refractivity contribution in [1.82, 2.24) is 13.9 Å². The zero-order valence-electron chi connectivity index (χ0n) is 21.9. The van der Waals surface area contributed by atoms with Gasteiger partial charge < -0.3 is 15.4 Å². The van der Waals surface area contributed by atoms with Gasteiger partial charge in [-0.1, -0.05) is 32.8 Å². The molecule has 3 rings (SSSR count). The molecule has 12 heteroatoms. The number of nitrogen functional groups attached to an aromatic ring is 1. The molecule has 2 aromatic rings. The molecule has 204 valence electrons. The van der Waals surface area contributed by atoms with Gasteiger partial charge in [-0.15, -0.1) is 0 Å². The summed E-state index contributed by atoms with van der Waals surface area (Å²) in [4.78, 5) is 42.5. The number of hydrogen-bond donors (Lipinski definition) is 2. The Morgan fingerprint density at radius 1 is 1.14 bits per heavy atom. The molecule has 0 radical (unpaired) electrons. The summed E-state index contributed by atoms with van der Waals surface area (Å²) in [5.41, 5.74) is 4.85. The summed E-state index contributed by atoms with van der Waals surface area (Å²) in [5.74, 6) is -0.668. The van der Waals surface area contributed by atoms with Crippen molar-refractivity contribution in [2.45, 2.75) is 77.0 Å². The van der Waals surface area contributed by atoms with E-state index in [0.717, 1.165) is 12.8 Å². The maximum absolute atomic E-state index is 13.7. The van der Waals surface area contributed by atoms with Crippen LogP contribution in [0, 0.1) is 0 Å². The summed E-state index contributed by atoms with van der Waals surface area (Å²) >= 11 is 0. The number of rotatable bonds is 10. The summed E-state index contributed by atoms with van der Waals surface area (Å²) < 4.78 is 35.0. The van der Waals surface area contributed by atoms with Crippen molar-refractivity contribution < 1.29 is 17.9 Å². The van der Waals surface area contributed by atoms with Gasteiger partial charge in [0.05, 0.1) is 17.1 Å². The van der Waals surface area contributed by atoms with Crippen molar-refractivity contribution in [3.05, 3.63) is 50.7 Å². The molecule has 0 aliphatic carbocycles. The number of nitrogens with two attached hydrogens (primary N) is 1. The minimum Gasteiger partial charge on any atom is -0.383 e. The van der Waals surface area contributed by atoms with Gasteiger partial charge in [0.2, 0.25) is 10.0 Å². The first kappa shape index (κ1) is 28.6. The SMILES string of the molecule is CCCCN(C(=O)c1cccc(S(=O)(=O)N2C[C@@H](C)O[C@@H](C)C2)c1)c1c(N)n(CCCC)c(=O)[nH]c1=O. The first-order valence-electron chi connectivity index (χ1n) is 12.7. The Balaban J connectivity index is 2.04. The van der Waals surface area contributed by atoms with Gasteiger partial charge in [0.1, 0.15) is 5.82 Å². The Bertz CT molecular complexity index is 1330. The number of aromatic nitrogens is 2. The van der Waals surface area contributed by atoms with E-state index >= 15 is 0 Å². The molecule has 2 atom stereocenters. The van der Waals surface area contributed by atoms with Crippen LogP contribution in [0.5, 0.6) is 0 Å². The molecular weight excluding hydrogens is 498 g/mol. The summed E-state index contributed by atoms with van der Waals surface area (Å²) in [7, 11) is -3.89. The number of amides is 1. The molecule has 3 N–H and O–H groups in total. The van der Waals surface area contributed by atoms with Gasteiger partial charge in [-0.2, -0.15) is 4.31 Å². The van der Waals surface area contributed by atoms with Crippen molar-refractivity contribution in [3.8, 4) is 0 Å². The molecule has 0 unspecified atom stereocenters. The maximum Gasteiger partial charge on any atom is 0.330 e. The molecule has 1 aliphatic heterocycles. The number of H-pyrrole nitrogens is 1. The minimum absolute atomic E-state index is 0.0233. The number of nitrogens with zero attached hydrogens (tertiary/aromatic N) is 3. The number of morpholine rings is 1. The van der Waals surface area contributed by atoms with E-state index < -0.39 is 27.2 Å². The fourth-order valence-electron chi connectivity index (χ4n) is 4.43. The van der Waals surface area contributed by atoms with E-state index in [-0.39, 0.29) is 53.8 Å². The summed E-state index contributed by atoms with van der Waals surface area (Å²) in [6.07, 6.45) is 2.26. The lowest BCUT2D eigenvalue weighted by molar-refractivity contribution is -0.0440. The predicted octanol–water partition coefficient (Wildman–Crippen LogP) is 2.16. The van der Waals surface area contributed by atoms with Crippen molar-refractivity contribution in [3.63, 3.8) is 0 Å². The molecule has 37 heavy (non-hydrogen) atoms. The normalized spacial score (nSPS) is 18.6. The number of unbranched alkanes of at least 4 members (excludes halogenated alkanes) is 2. The predicted molar refractivity (Wildman–Crippen MR) is 142 cm³/mol. The van der Waals surface area contributed by atoms with Crippen molar-refractivity contribution in [2.24, 2.45) is 0 Å². The lowest BCUT2D eigenvalue weighted by atomic mass is 10.1. The van der Waals surface area contributed by atoms with Crippen molar-refractivity contribution >= 4 is 27.4 Å². The number of sulfonamides is 1. The van der Waals surface area contributed by atoms with Crippen LogP contribution in [0.15, 0.2) is 38.8 Å².